The van der Waals surface area contributed by atoms with Crippen LogP contribution in [-0.4, -0.2) is 35.5 Å². The first-order valence-corrected chi connectivity index (χ1v) is 7.43. The lowest BCUT2D eigenvalue weighted by atomic mass is 9.77. The van der Waals surface area contributed by atoms with Gasteiger partial charge in [-0.3, -0.25) is 0 Å². The summed E-state index contributed by atoms with van der Waals surface area (Å²) in [7, 11) is 3.89. The van der Waals surface area contributed by atoms with E-state index < -0.39 is 0 Å². The second kappa shape index (κ2) is 5.95. The van der Waals surface area contributed by atoms with Crippen LogP contribution in [0.25, 0.3) is 0 Å². The Balaban J connectivity index is 2.15. The van der Waals surface area contributed by atoms with E-state index in [0.717, 1.165) is 30.5 Å². The third kappa shape index (κ3) is 3.50. The fraction of sp³-hybridized carbons (Fsp3) is 0.714. The lowest BCUT2D eigenvalue weighted by Gasteiger charge is -2.39. The highest BCUT2D eigenvalue weighted by atomic mass is 35.5. The van der Waals surface area contributed by atoms with E-state index in [-0.39, 0.29) is 5.54 Å². The monoisotopic (exact) mass is 282 g/mol. The van der Waals surface area contributed by atoms with Gasteiger partial charge in [-0.05, 0) is 24.8 Å². The van der Waals surface area contributed by atoms with E-state index in [1.807, 2.05) is 25.1 Å². The van der Waals surface area contributed by atoms with Gasteiger partial charge in [-0.1, -0.05) is 19.8 Å². The van der Waals surface area contributed by atoms with Gasteiger partial charge in [-0.15, -0.1) is 11.6 Å². The normalized spacial score (nSPS) is 27.1. The molecular weight excluding hydrogens is 260 g/mol. The molecule has 1 fully saturated rings. The van der Waals surface area contributed by atoms with Crippen molar-refractivity contribution < 1.29 is 0 Å². The highest BCUT2D eigenvalue weighted by molar-refractivity contribution is 6.18. The first-order valence-electron chi connectivity index (χ1n) is 6.89. The zero-order valence-corrected chi connectivity index (χ0v) is 12.7. The summed E-state index contributed by atoms with van der Waals surface area (Å²) in [6.07, 6.45) is 6.54. The van der Waals surface area contributed by atoms with Gasteiger partial charge in [-0.25, -0.2) is 4.98 Å². The molecule has 2 rings (SSSR count). The summed E-state index contributed by atoms with van der Waals surface area (Å²) in [6, 6.07) is 1.92. The van der Waals surface area contributed by atoms with Crippen molar-refractivity contribution in [2.75, 3.05) is 30.2 Å². The number of rotatable bonds is 4. The molecule has 5 heteroatoms. The predicted octanol–water partition coefficient (Wildman–Crippen LogP) is 3.14. The van der Waals surface area contributed by atoms with E-state index >= 15 is 0 Å². The minimum atomic E-state index is -0.0167. The smallest absolute Gasteiger partial charge is 0.226 e. The third-order valence-corrected chi connectivity index (χ3v) is 4.29. The molecule has 0 aromatic carbocycles. The summed E-state index contributed by atoms with van der Waals surface area (Å²) >= 11 is 6.24. The van der Waals surface area contributed by atoms with E-state index in [4.69, 9.17) is 11.6 Å². The van der Waals surface area contributed by atoms with Crippen LogP contribution in [0.4, 0.5) is 11.8 Å². The van der Waals surface area contributed by atoms with Crippen molar-refractivity contribution in [3.8, 4) is 0 Å². The Morgan fingerprint density at radius 3 is 2.95 bits per heavy atom. The molecule has 1 aliphatic carbocycles. The van der Waals surface area contributed by atoms with Crippen LogP contribution in [0.1, 0.15) is 32.6 Å². The second-order valence-corrected chi connectivity index (χ2v) is 6.14. The summed E-state index contributed by atoms with van der Waals surface area (Å²) in [5, 5.41) is 3.56. The molecule has 2 atom stereocenters. The maximum atomic E-state index is 6.24. The number of aromatic nitrogens is 2. The molecule has 1 N–H and O–H groups in total. The second-order valence-electron chi connectivity index (χ2n) is 5.88. The zero-order valence-electron chi connectivity index (χ0n) is 12.0. The number of nitrogens with one attached hydrogen (secondary N) is 1. The number of alkyl halides is 1. The molecule has 0 radical (unpaired) electrons. The van der Waals surface area contributed by atoms with Gasteiger partial charge in [0.15, 0.2) is 0 Å². The van der Waals surface area contributed by atoms with Gasteiger partial charge in [0.1, 0.15) is 5.82 Å². The fourth-order valence-electron chi connectivity index (χ4n) is 2.83. The van der Waals surface area contributed by atoms with E-state index in [0.29, 0.717) is 5.88 Å². The Labute approximate surface area is 120 Å². The Hall–Kier alpha value is -1.03. The summed E-state index contributed by atoms with van der Waals surface area (Å²) in [5.74, 6) is 2.93. The average molecular weight is 283 g/mol. The maximum Gasteiger partial charge on any atom is 0.226 e. The van der Waals surface area contributed by atoms with Crippen molar-refractivity contribution >= 4 is 23.4 Å². The fourth-order valence-corrected chi connectivity index (χ4v) is 3.14. The zero-order chi connectivity index (χ0) is 13.9. The third-order valence-electron chi connectivity index (χ3n) is 3.78. The van der Waals surface area contributed by atoms with E-state index in [1.54, 1.807) is 6.20 Å². The topological polar surface area (TPSA) is 41.1 Å². The summed E-state index contributed by atoms with van der Waals surface area (Å²) < 4.78 is 0. The molecule has 1 aromatic rings. The number of hydrogen-bond acceptors (Lipinski definition) is 4. The van der Waals surface area contributed by atoms with Crippen LogP contribution in [0.3, 0.4) is 0 Å². The maximum absolute atomic E-state index is 6.24. The van der Waals surface area contributed by atoms with Crippen molar-refractivity contribution in [1.29, 1.82) is 0 Å². The molecule has 106 valence electrons. The van der Waals surface area contributed by atoms with E-state index in [1.165, 1.54) is 12.8 Å². The van der Waals surface area contributed by atoms with Crippen molar-refractivity contribution in [3.05, 3.63) is 12.3 Å². The minimum Gasteiger partial charge on any atom is -0.363 e. The quantitative estimate of drug-likeness (QED) is 0.862. The Morgan fingerprint density at radius 2 is 2.32 bits per heavy atom. The van der Waals surface area contributed by atoms with Crippen LogP contribution in [0, 0.1) is 5.92 Å². The van der Waals surface area contributed by atoms with Crippen LogP contribution in [0.15, 0.2) is 12.3 Å². The molecule has 0 bridgehead atoms. The SMILES string of the molecule is CC1CCCC(CCl)(Nc2ccnc(N(C)C)n2)C1. The molecule has 1 aromatic heterocycles. The van der Waals surface area contributed by atoms with Crippen LogP contribution >= 0.6 is 11.6 Å². The Bertz CT molecular complexity index is 424. The van der Waals surface area contributed by atoms with Crippen molar-refractivity contribution in [1.82, 2.24) is 9.97 Å². The lowest BCUT2D eigenvalue weighted by Crippen LogP contribution is -2.44. The molecular formula is C14H23ClN4. The summed E-state index contributed by atoms with van der Waals surface area (Å²) in [6.45, 7) is 2.30. The van der Waals surface area contributed by atoms with Crippen LogP contribution in [0.5, 0.6) is 0 Å². The molecule has 2 unspecified atom stereocenters. The van der Waals surface area contributed by atoms with E-state index in [9.17, 15) is 0 Å². The van der Waals surface area contributed by atoms with Crippen molar-refractivity contribution in [2.24, 2.45) is 5.92 Å². The molecule has 1 aliphatic rings. The first-order chi connectivity index (χ1) is 9.04. The first kappa shape index (κ1) is 14.4. The van der Waals surface area contributed by atoms with Gasteiger partial charge in [0.2, 0.25) is 5.95 Å². The van der Waals surface area contributed by atoms with Gasteiger partial charge < -0.3 is 10.2 Å². The molecule has 1 heterocycles. The molecule has 0 amide bonds. The molecule has 1 saturated carbocycles. The molecule has 0 spiro atoms. The van der Waals surface area contributed by atoms with Gasteiger partial charge in [0.25, 0.3) is 0 Å². The highest BCUT2D eigenvalue weighted by Crippen LogP contribution is 2.35. The Morgan fingerprint density at radius 1 is 1.53 bits per heavy atom. The summed E-state index contributed by atoms with van der Waals surface area (Å²) in [4.78, 5) is 10.7. The van der Waals surface area contributed by atoms with Gasteiger partial charge in [0, 0.05) is 26.2 Å². The standard InChI is InChI=1S/C14H23ClN4/c1-11-5-4-7-14(9-11,10-15)18-12-6-8-16-13(17-12)19(2)3/h6,8,11H,4-5,7,9-10H2,1-3H3,(H,16,17,18). The number of hydrogen-bond donors (Lipinski definition) is 1. The minimum absolute atomic E-state index is 0.0167. The number of anilines is 2. The van der Waals surface area contributed by atoms with Crippen LogP contribution < -0.4 is 10.2 Å². The van der Waals surface area contributed by atoms with Crippen molar-refractivity contribution in [3.63, 3.8) is 0 Å². The predicted molar refractivity (Wildman–Crippen MR) is 81.1 cm³/mol. The van der Waals surface area contributed by atoms with Gasteiger partial charge >= 0.3 is 0 Å². The largest absolute Gasteiger partial charge is 0.363 e. The molecule has 0 saturated heterocycles. The molecule has 0 aliphatic heterocycles. The molecule has 4 nitrogen and oxygen atoms in total. The average Bonchev–Trinajstić information content (AvgIpc) is 2.39. The van der Waals surface area contributed by atoms with Gasteiger partial charge in [0.05, 0.1) is 5.54 Å². The van der Waals surface area contributed by atoms with Gasteiger partial charge in [-0.2, -0.15) is 4.98 Å². The summed E-state index contributed by atoms with van der Waals surface area (Å²) in [5.41, 5.74) is -0.0167. The van der Waals surface area contributed by atoms with Crippen LogP contribution in [-0.2, 0) is 0 Å². The Kier molecular flexibility index (Phi) is 4.50. The highest BCUT2D eigenvalue weighted by Gasteiger charge is 2.34. The molecule has 19 heavy (non-hydrogen) atoms. The van der Waals surface area contributed by atoms with E-state index in [2.05, 4.69) is 22.2 Å². The number of halogens is 1. The number of nitrogens with zero attached hydrogens (tertiary/aromatic N) is 3. The van der Waals surface area contributed by atoms with Crippen LogP contribution in [0.2, 0.25) is 0 Å². The van der Waals surface area contributed by atoms with Crippen molar-refractivity contribution in [2.45, 2.75) is 38.1 Å². The lowest BCUT2D eigenvalue weighted by molar-refractivity contribution is 0.279.